The van der Waals surface area contributed by atoms with Crippen molar-refractivity contribution >= 4 is 17.5 Å². The minimum atomic E-state index is -0.784. The maximum Gasteiger partial charge on any atom is 0.404 e. The monoisotopic (exact) mass is 255 g/mol. The highest BCUT2D eigenvalue weighted by Gasteiger charge is 1.97. The lowest BCUT2D eigenvalue weighted by Gasteiger charge is -2.01. The number of hydrogen-bond donors (Lipinski definition) is 1. The van der Waals surface area contributed by atoms with E-state index in [0.717, 1.165) is 16.9 Å². The van der Waals surface area contributed by atoms with Crippen LogP contribution in [0.3, 0.4) is 0 Å². The molecule has 0 aliphatic heterocycles. The fourth-order valence-electron chi connectivity index (χ4n) is 1.42. The quantitative estimate of drug-likeness (QED) is 0.845. The number of amides is 1. The Labute approximate surface area is 110 Å². The zero-order chi connectivity index (χ0) is 13.5. The Morgan fingerprint density at radius 1 is 0.947 bits per heavy atom. The predicted octanol–water partition coefficient (Wildman–Crippen LogP) is 3.70. The molecule has 2 aromatic rings. The van der Waals surface area contributed by atoms with E-state index >= 15 is 0 Å². The van der Waals surface area contributed by atoms with Gasteiger partial charge in [-0.2, -0.15) is 10.2 Å². The fraction of sp³-hybridized carbons (Fsp3) is 0.0714. The van der Waals surface area contributed by atoms with Crippen LogP contribution in [0.4, 0.5) is 16.2 Å². The number of hydrogen-bond acceptors (Lipinski definition) is 4. The zero-order valence-corrected chi connectivity index (χ0v) is 10.2. The van der Waals surface area contributed by atoms with Crippen molar-refractivity contribution in [1.82, 2.24) is 0 Å². The molecule has 0 bridgehead atoms. The third-order valence-corrected chi connectivity index (χ3v) is 2.35. The van der Waals surface area contributed by atoms with Crippen LogP contribution in [0.25, 0.3) is 0 Å². The summed E-state index contributed by atoms with van der Waals surface area (Å²) in [6.45, 7) is 0.158. The number of carbonyl (C=O) groups excluding carboxylic acids is 1. The lowest BCUT2D eigenvalue weighted by atomic mass is 10.2. The van der Waals surface area contributed by atoms with Crippen molar-refractivity contribution in [3.8, 4) is 0 Å². The van der Waals surface area contributed by atoms with Crippen molar-refractivity contribution in [3.63, 3.8) is 0 Å². The minimum absolute atomic E-state index is 0.158. The molecule has 96 valence electrons. The van der Waals surface area contributed by atoms with Crippen molar-refractivity contribution in [3.05, 3.63) is 60.2 Å². The van der Waals surface area contributed by atoms with Crippen LogP contribution in [0.5, 0.6) is 0 Å². The summed E-state index contributed by atoms with van der Waals surface area (Å²) in [5.74, 6) is 0. The summed E-state index contributed by atoms with van der Waals surface area (Å²) >= 11 is 0. The maximum absolute atomic E-state index is 10.5. The first-order chi connectivity index (χ1) is 9.24. The van der Waals surface area contributed by atoms with E-state index in [0.29, 0.717) is 0 Å². The number of nitrogens with two attached hydrogens (primary N) is 1. The van der Waals surface area contributed by atoms with Crippen LogP contribution in [0.2, 0.25) is 0 Å². The van der Waals surface area contributed by atoms with Crippen LogP contribution in [-0.4, -0.2) is 6.09 Å². The summed E-state index contributed by atoms with van der Waals surface area (Å²) in [7, 11) is 0. The molecule has 2 rings (SSSR count). The molecule has 2 N–H and O–H groups in total. The van der Waals surface area contributed by atoms with Gasteiger partial charge in [0.25, 0.3) is 0 Å². The number of rotatable bonds is 4. The maximum atomic E-state index is 10.5. The largest absolute Gasteiger partial charge is 0.445 e. The Morgan fingerprint density at radius 3 is 2.11 bits per heavy atom. The Hall–Kier alpha value is -2.69. The molecule has 0 spiro atoms. The molecule has 5 heteroatoms. The molecule has 0 aliphatic carbocycles. The van der Waals surface area contributed by atoms with Crippen molar-refractivity contribution in [2.75, 3.05) is 0 Å². The second kappa shape index (κ2) is 6.30. The number of nitrogens with zero attached hydrogens (tertiary/aromatic N) is 2. The first-order valence-electron chi connectivity index (χ1n) is 5.72. The number of azo groups is 1. The average molecular weight is 255 g/mol. The first kappa shape index (κ1) is 12.8. The van der Waals surface area contributed by atoms with Crippen LogP contribution in [0, 0.1) is 0 Å². The molecule has 0 radical (unpaired) electrons. The van der Waals surface area contributed by atoms with Gasteiger partial charge in [-0.05, 0) is 29.8 Å². The predicted molar refractivity (Wildman–Crippen MR) is 71.4 cm³/mol. The summed E-state index contributed by atoms with van der Waals surface area (Å²) in [5.41, 5.74) is 7.26. The van der Waals surface area contributed by atoms with Gasteiger partial charge in [-0.25, -0.2) is 4.79 Å². The van der Waals surface area contributed by atoms with Crippen LogP contribution in [0.15, 0.2) is 64.8 Å². The minimum Gasteiger partial charge on any atom is -0.445 e. The van der Waals surface area contributed by atoms with Gasteiger partial charge in [0.05, 0.1) is 11.4 Å². The van der Waals surface area contributed by atoms with E-state index in [1.54, 1.807) is 12.1 Å². The summed E-state index contributed by atoms with van der Waals surface area (Å²) in [6, 6.07) is 16.7. The molecule has 0 heterocycles. The van der Waals surface area contributed by atoms with Gasteiger partial charge < -0.3 is 10.5 Å². The summed E-state index contributed by atoms with van der Waals surface area (Å²) in [4.78, 5) is 10.5. The molecular weight excluding hydrogens is 242 g/mol. The SMILES string of the molecule is NC(=O)OCc1ccc(N=Nc2ccccc2)cc1. The highest BCUT2D eigenvalue weighted by Crippen LogP contribution is 2.18. The van der Waals surface area contributed by atoms with E-state index in [-0.39, 0.29) is 6.61 Å². The van der Waals surface area contributed by atoms with Crippen LogP contribution >= 0.6 is 0 Å². The standard InChI is InChI=1S/C14H13N3O2/c15-14(18)19-10-11-6-8-13(9-7-11)17-16-12-4-2-1-3-5-12/h1-9H,10H2,(H2,15,18). The summed E-state index contributed by atoms with van der Waals surface area (Å²) < 4.78 is 4.68. The molecule has 0 atom stereocenters. The van der Waals surface area contributed by atoms with E-state index in [1.165, 1.54) is 0 Å². The Bertz CT molecular complexity index is 565. The van der Waals surface area contributed by atoms with E-state index < -0.39 is 6.09 Å². The van der Waals surface area contributed by atoms with Crippen molar-refractivity contribution in [2.24, 2.45) is 16.0 Å². The van der Waals surface area contributed by atoms with Crippen LogP contribution in [0.1, 0.15) is 5.56 Å². The van der Waals surface area contributed by atoms with Crippen molar-refractivity contribution in [1.29, 1.82) is 0 Å². The molecule has 5 nitrogen and oxygen atoms in total. The summed E-state index contributed by atoms with van der Waals surface area (Å²) in [5, 5.41) is 8.21. The van der Waals surface area contributed by atoms with Crippen molar-refractivity contribution < 1.29 is 9.53 Å². The molecule has 0 aromatic heterocycles. The van der Waals surface area contributed by atoms with Gasteiger partial charge in [-0.3, -0.25) is 0 Å². The molecule has 0 saturated carbocycles. The normalized spacial score (nSPS) is 10.5. The highest BCUT2D eigenvalue weighted by atomic mass is 16.5. The van der Waals surface area contributed by atoms with Crippen molar-refractivity contribution in [2.45, 2.75) is 6.61 Å². The topological polar surface area (TPSA) is 77.0 Å². The second-order valence-corrected chi connectivity index (χ2v) is 3.81. The summed E-state index contributed by atoms with van der Waals surface area (Å²) in [6.07, 6.45) is -0.784. The molecule has 0 aliphatic rings. The number of carbonyl (C=O) groups is 1. The van der Waals surface area contributed by atoms with Gasteiger partial charge in [0.15, 0.2) is 0 Å². The van der Waals surface area contributed by atoms with E-state index in [1.807, 2.05) is 42.5 Å². The number of benzene rings is 2. The van der Waals surface area contributed by atoms with Gasteiger partial charge in [-0.1, -0.05) is 30.3 Å². The van der Waals surface area contributed by atoms with E-state index in [4.69, 9.17) is 5.73 Å². The fourth-order valence-corrected chi connectivity index (χ4v) is 1.42. The van der Waals surface area contributed by atoms with Crippen LogP contribution in [-0.2, 0) is 11.3 Å². The van der Waals surface area contributed by atoms with Crippen LogP contribution < -0.4 is 5.73 Å². The Kier molecular flexibility index (Phi) is 4.23. The van der Waals surface area contributed by atoms with E-state index in [9.17, 15) is 4.79 Å². The highest BCUT2D eigenvalue weighted by molar-refractivity contribution is 5.64. The molecule has 0 saturated heterocycles. The molecule has 0 unspecified atom stereocenters. The second-order valence-electron chi connectivity index (χ2n) is 3.81. The Morgan fingerprint density at radius 2 is 1.53 bits per heavy atom. The average Bonchev–Trinajstić information content (AvgIpc) is 2.45. The zero-order valence-electron chi connectivity index (χ0n) is 10.2. The van der Waals surface area contributed by atoms with Gasteiger partial charge in [0.2, 0.25) is 0 Å². The lowest BCUT2D eigenvalue weighted by Crippen LogP contribution is -2.12. The number of ether oxygens (including phenoxy) is 1. The molecule has 19 heavy (non-hydrogen) atoms. The van der Waals surface area contributed by atoms with E-state index in [2.05, 4.69) is 15.0 Å². The van der Waals surface area contributed by atoms with Gasteiger partial charge in [0, 0.05) is 0 Å². The Balaban J connectivity index is 1.99. The molecule has 1 amide bonds. The lowest BCUT2D eigenvalue weighted by molar-refractivity contribution is 0.150. The van der Waals surface area contributed by atoms with Gasteiger partial charge >= 0.3 is 6.09 Å². The molecule has 0 fully saturated rings. The number of primary amides is 1. The smallest absolute Gasteiger partial charge is 0.404 e. The first-order valence-corrected chi connectivity index (χ1v) is 5.72. The third-order valence-electron chi connectivity index (χ3n) is 2.35. The third kappa shape index (κ3) is 4.23. The molecular formula is C14H13N3O2. The van der Waals surface area contributed by atoms with Gasteiger partial charge in [-0.15, -0.1) is 0 Å². The molecule has 2 aromatic carbocycles. The van der Waals surface area contributed by atoms with Gasteiger partial charge in [0.1, 0.15) is 6.61 Å².